The molecule has 1 heterocycles. The van der Waals surface area contributed by atoms with E-state index in [9.17, 15) is 13.6 Å². The molecule has 1 aromatic heterocycles. The Balaban J connectivity index is 3.06. The van der Waals surface area contributed by atoms with Crippen LogP contribution in [0.25, 0.3) is 0 Å². The number of carboxylic acids is 1. The zero-order valence-corrected chi connectivity index (χ0v) is 7.68. The van der Waals surface area contributed by atoms with Gasteiger partial charge in [0.15, 0.2) is 0 Å². The molecule has 0 spiro atoms. The molecule has 5 heteroatoms. The third-order valence-corrected chi connectivity index (χ3v) is 1.87. The van der Waals surface area contributed by atoms with E-state index in [1.807, 2.05) is 6.92 Å². The Morgan fingerprint density at radius 1 is 1.64 bits per heavy atom. The highest BCUT2D eigenvalue weighted by molar-refractivity contribution is 5.89. The van der Waals surface area contributed by atoms with Gasteiger partial charge < -0.3 is 10.1 Å². The number of carboxylic acid groups (broad SMARTS) is 1. The zero-order chi connectivity index (χ0) is 10.7. The lowest BCUT2D eigenvalue weighted by atomic mass is 10.2. The predicted molar refractivity (Wildman–Crippen MR) is 46.7 cm³/mol. The maximum atomic E-state index is 12.3. The number of halogens is 2. The van der Waals surface area contributed by atoms with Crippen LogP contribution in [-0.2, 0) is 6.42 Å². The average Bonchev–Trinajstić information content (AvgIpc) is 2.49. The number of rotatable bonds is 4. The minimum Gasteiger partial charge on any atom is -0.478 e. The minimum atomic E-state index is -2.77. The third kappa shape index (κ3) is 2.10. The first kappa shape index (κ1) is 10.7. The normalized spacial score (nSPS) is 10.9. The molecule has 0 amide bonds. The number of hydrogen-bond acceptors (Lipinski definition) is 1. The summed E-state index contributed by atoms with van der Waals surface area (Å²) in [5.74, 6) is -1.32. The van der Waals surface area contributed by atoms with Gasteiger partial charge in [0.1, 0.15) is 0 Å². The lowest BCUT2D eigenvalue weighted by Gasteiger charge is -1.96. The molecule has 14 heavy (non-hydrogen) atoms. The van der Waals surface area contributed by atoms with Crippen molar-refractivity contribution >= 4 is 5.97 Å². The quantitative estimate of drug-likeness (QED) is 0.790. The minimum absolute atomic E-state index is 0.330. The second kappa shape index (κ2) is 4.21. The van der Waals surface area contributed by atoms with E-state index >= 15 is 0 Å². The number of alkyl halides is 2. The molecule has 0 saturated heterocycles. The number of aromatic nitrogens is 1. The molecule has 1 aromatic rings. The van der Waals surface area contributed by atoms with Gasteiger partial charge in [-0.2, -0.15) is 0 Å². The summed E-state index contributed by atoms with van der Waals surface area (Å²) in [4.78, 5) is 13.0. The van der Waals surface area contributed by atoms with E-state index < -0.39 is 18.1 Å². The van der Waals surface area contributed by atoms with Crippen molar-refractivity contribution in [1.82, 2.24) is 4.98 Å². The van der Waals surface area contributed by atoms with Crippen LogP contribution in [0.3, 0.4) is 0 Å². The van der Waals surface area contributed by atoms with Gasteiger partial charge in [0.05, 0.1) is 11.3 Å². The monoisotopic (exact) mass is 203 g/mol. The van der Waals surface area contributed by atoms with Gasteiger partial charge in [0, 0.05) is 5.69 Å². The van der Waals surface area contributed by atoms with Crippen molar-refractivity contribution in [2.75, 3.05) is 0 Å². The van der Waals surface area contributed by atoms with Crippen LogP contribution >= 0.6 is 0 Å². The number of hydrogen-bond donors (Lipinski definition) is 2. The number of nitrogens with one attached hydrogen (secondary N) is 1. The first-order valence-corrected chi connectivity index (χ1v) is 4.29. The number of aromatic carboxylic acids is 1. The molecular formula is C9H11F2NO2. The summed E-state index contributed by atoms with van der Waals surface area (Å²) < 4.78 is 24.7. The summed E-state index contributed by atoms with van der Waals surface area (Å²) in [5.41, 5.74) is -0.287. The third-order valence-electron chi connectivity index (χ3n) is 1.87. The van der Waals surface area contributed by atoms with Crippen LogP contribution < -0.4 is 0 Å². The summed E-state index contributed by atoms with van der Waals surface area (Å²) in [7, 11) is 0. The largest absolute Gasteiger partial charge is 0.478 e. The zero-order valence-electron chi connectivity index (χ0n) is 7.68. The van der Waals surface area contributed by atoms with Gasteiger partial charge in [-0.15, -0.1) is 0 Å². The molecule has 0 bridgehead atoms. The van der Waals surface area contributed by atoms with E-state index in [0.717, 1.165) is 6.42 Å². The maximum Gasteiger partial charge on any atom is 0.337 e. The molecule has 78 valence electrons. The van der Waals surface area contributed by atoms with Crippen molar-refractivity contribution in [2.45, 2.75) is 26.2 Å². The van der Waals surface area contributed by atoms with Gasteiger partial charge in [0.2, 0.25) is 0 Å². The summed E-state index contributed by atoms with van der Waals surface area (Å²) in [6, 6.07) is 1.27. The fourth-order valence-corrected chi connectivity index (χ4v) is 1.28. The van der Waals surface area contributed by atoms with Crippen LogP contribution in [0.4, 0.5) is 8.78 Å². The molecule has 0 aliphatic carbocycles. The number of carbonyl (C=O) groups is 1. The lowest BCUT2D eigenvalue weighted by molar-refractivity contribution is 0.0684. The highest BCUT2D eigenvalue weighted by Crippen LogP contribution is 2.23. The Kier molecular flexibility index (Phi) is 3.22. The molecule has 0 aliphatic heterocycles. The predicted octanol–water partition coefficient (Wildman–Crippen LogP) is 2.60. The lowest BCUT2D eigenvalue weighted by Crippen LogP contribution is -1.99. The Morgan fingerprint density at radius 3 is 2.64 bits per heavy atom. The van der Waals surface area contributed by atoms with Crippen molar-refractivity contribution in [3.05, 3.63) is 23.0 Å². The Bertz CT molecular complexity index is 334. The van der Waals surface area contributed by atoms with Gasteiger partial charge in [-0.1, -0.05) is 13.3 Å². The molecule has 3 nitrogen and oxygen atoms in total. The summed E-state index contributed by atoms with van der Waals surface area (Å²) in [5, 5.41) is 8.64. The van der Waals surface area contributed by atoms with Crippen LogP contribution in [0.15, 0.2) is 6.07 Å². The fourth-order valence-electron chi connectivity index (χ4n) is 1.28. The van der Waals surface area contributed by atoms with E-state index in [1.165, 1.54) is 6.07 Å². The Labute approximate surface area is 79.8 Å². The molecular weight excluding hydrogens is 192 g/mol. The average molecular weight is 203 g/mol. The van der Waals surface area contributed by atoms with Gasteiger partial charge in [0.25, 0.3) is 6.43 Å². The molecule has 0 fully saturated rings. The highest BCUT2D eigenvalue weighted by Gasteiger charge is 2.20. The maximum absolute atomic E-state index is 12.3. The second-order valence-corrected chi connectivity index (χ2v) is 2.98. The number of aromatic amines is 1. The summed E-state index contributed by atoms with van der Waals surface area (Å²) in [6.07, 6.45) is -1.42. The molecule has 0 aliphatic rings. The van der Waals surface area contributed by atoms with Crippen molar-refractivity contribution < 1.29 is 18.7 Å². The SMILES string of the molecule is CCCc1cc(C(=O)O)c(C(F)F)[nH]1. The van der Waals surface area contributed by atoms with E-state index in [2.05, 4.69) is 4.98 Å². The van der Waals surface area contributed by atoms with Crippen LogP contribution in [0.2, 0.25) is 0 Å². The first-order chi connectivity index (χ1) is 6.56. The summed E-state index contributed by atoms with van der Waals surface area (Å²) >= 11 is 0. The molecule has 0 unspecified atom stereocenters. The number of aryl methyl sites for hydroxylation is 1. The Morgan fingerprint density at radius 2 is 2.29 bits per heavy atom. The molecule has 1 rings (SSSR count). The standard InChI is InChI=1S/C9H11F2NO2/c1-2-3-5-4-6(9(13)14)7(12-5)8(10)11/h4,8,12H,2-3H2,1H3,(H,13,14). The van der Waals surface area contributed by atoms with Crippen LogP contribution in [0.5, 0.6) is 0 Å². The fraction of sp³-hybridized carbons (Fsp3) is 0.444. The second-order valence-electron chi connectivity index (χ2n) is 2.98. The van der Waals surface area contributed by atoms with Crippen LogP contribution in [0.1, 0.15) is 41.5 Å². The van der Waals surface area contributed by atoms with Crippen molar-refractivity contribution in [3.8, 4) is 0 Å². The van der Waals surface area contributed by atoms with E-state index in [4.69, 9.17) is 5.11 Å². The smallest absolute Gasteiger partial charge is 0.337 e. The van der Waals surface area contributed by atoms with Gasteiger partial charge in [-0.3, -0.25) is 0 Å². The first-order valence-electron chi connectivity index (χ1n) is 4.29. The van der Waals surface area contributed by atoms with Gasteiger partial charge >= 0.3 is 5.97 Å². The van der Waals surface area contributed by atoms with Crippen molar-refractivity contribution in [2.24, 2.45) is 0 Å². The molecule has 0 saturated carbocycles. The molecule has 0 aromatic carbocycles. The van der Waals surface area contributed by atoms with Crippen molar-refractivity contribution in [3.63, 3.8) is 0 Å². The van der Waals surface area contributed by atoms with Crippen LogP contribution in [0, 0.1) is 0 Å². The van der Waals surface area contributed by atoms with Gasteiger partial charge in [-0.05, 0) is 12.5 Å². The summed E-state index contributed by atoms with van der Waals surface area (Å²) in [6.45, 7) is 1.89. The molecule has 0 atom stereocenters. The van der Waals surface area contributed by atoms with Gasteiger partial charge in [-0.25, -0.2) is 13.6 Å². The molecule has 0 radical (unpaired) electrons. The number of H-pyrrole nitrogens is 1. The van der Waals surface area contributed by atoms with Crippen LogP contribution in [-0.4, -0.2) is 16.1 Å². The Hall–Kier alpha value is -1.39. The van der Waals surface area contributed by atoms with E-state index in [-0.39, 0.29) is 5.56 Å². The molecule has 2 N–H and O–H groups in total. The van der Waals surface area contributed by atoms with E-state index in [1.54, 1.807) is 0 Å². The van der Waals surface area contributed by atoms with Crippen molar-refractivity contribution in [1.29, 1.82) is 0 Å². The topological polar surface area (TPSA) is 53.1 Å². The van der Waals surface area contributed by atoms with E-state index in [0.29, 0.717) is 12.1 Å². The highest BCUT2D eigenvalue weighted by atomic mass is 19.3.